The lowest BCUT2D eigenvalue weighted by atomic mass is 10.2. The van der Waals surface area contributed by atoms with Crippen molar-refractivity contribution in [2.75, 3.05) is 40.5 Å². The number of unbranched alkanes of at least 4 members (excludes halogenated alkanes) is 1. The highest BCUT2D eigenvalue weighted by Gasteiger charge is 2.14. The maximum atomic E-state index is 11.5. The number of aliphatic hydroxyl groups excluding tert-OH is 1. The second-order valence-electron chi connectivity index (χ2n) is 5.57. The number of nitrogens with zero attached hydrogens (tertiary/aromatic N) is 1. The molecule has 0 spiro atoms. The van der Waals surface area contributed by atoms with Crippen molar-refractivity contribution in [3.8, 4) is 11.5 Å². The van der Waals surface area contributed by atoms with Crippen LogP contribution in [0.3, 0.4) is 0 Å². The number of esters is 1. The van der Waals surface area contributed by atoms with Crippen LogP contribution in [0.15, 0.2) is 18.2 Å². The van der Waals surface area contributed by atoms with Crippen LogP contribution in [0.2, 0.25) is 0 Å². The number of likely N-dealkylation sites (N-methyl/N-ethyl adjacent to an activating group) is 1. The van der Waals surface area contributed by atoms with E-state index in [0.29, 0.717) is 23.6 Å². The SMILES string of the molecule is CCCCN(CC)C[C@H](O)COc1ccc(C(=O)OC)cc1OC. The van der Waals surface area contributed by atoms with Crippen LogP contribution in [0, 0.1) is 0 Å². The number of rotatable bonds is 11. The fraction of sp³-hybridized carbons (Fsp3) is 0.611. The molecule has 0 aliphatic carbocycles. The number of carbonyl (C=O) groups excluding carboxylic acids is 1. The van der Waals surface area contributed by atoms with Crippen LogP contribution in [0.1, 0.15) is 37.0 Å². The normalized spacial score (nSPS) is 12.1. The first-order valence-corrected chi connectivity index (χ1v) is 8.35. The van der Waals surface area contributed by atoms with Crippen LogP contribution < -0.4 is 9.47 Å². The van der Waals surface area contributed by atoms with Crippen molar-refractivity contribution >= 4 is 5.97 Å². The predicted octanol–water partition coefficient (Wildman–Crippen LogP) is 2.34. The third kappa shape index (κ3) is 6.37. The highest BCUT2D eigenvalue weighted by Crippen LogP contribution is 2.28. The van der Waals surface area contributed by atoms with E-state index in [2.05, 4.69) is 23.5 Å². The first-order valence-electron chi connectivity index (χ1n) is 8.35. The van der Waals surface area contributed by atoms with Gasteiger partial charge in [-0.15, -0.1) is 0 Å². The molecule has 0 bridgehead atoms. The lowest BCUT2D eigenvalue weighted by molar-refractivity contribution is 0.0598. The maximum Gasteiger partial charge on any atom is 0.337 e. The van der Waals surface area contributed by atoms with Gasteiger partial charge in [-0.2, -0.15) is 0 Å². The summed E-state index contributed by atoms with van der Waals surface area (Å²) in [5, 5.41) is 10.2. The van der Waals surface area contributed by atoms with E-state index in [1.54, 1.807) is 18.2 Å². The summed E-state index contributed by atoms with van der Waals surface area (Å²) in [6, 6.07) is 4.81. The molecule has 0 radical (unpaired) electrons. The zero-order valence-electron chi connectivity index (χ0n) is 15.1. The second kappa shape index (κ2) is 10.9. The Labute approximate surface area is 144 Å². The van der Waals surface area contributed by atoms with Gasteiger partial charge < -0.3 is 24.2 Å². The van der Waals surface area contributed by atoms with E-state index >= 15 is 0 Å². The molecule has 1 aromatic carbocycles. The predicted molar refractivity (Wildman–Crippen MR) is 92.9 cm³/mol. The van der Waals surface area contributed by atoms with Gasteiger partial charge in [0.05, 0.1) is 19.8 Å². The smallest absolute Gasteiger partial charge is 0.337 e. The Morgan fingerprint density at radius 2 is 2.00 bits per heavy atom. The first kappa shape index (κ1) is 20.3. The number of hydrogen-bond acceptors (Lipinski definition) is 6. The first-order chi connectivity index (χ1) is 11.5. The number of hydrogen-bond donors (Lipinski definition) is 1. The topological polar surface area (TPSA) is 68.2 Å². The Hall–Kier alpha value is -1.79. The summed E-state index contributed by atoms with van der Waals surface area (Å²) in [6.07, 6.45) is 1.66. The number of benzene rings is 1. The van der Waals surface area contributed by atoms with E-state index in [1.165, 1.54) is 14.2 Å². The minimum absolute atomic E-state index is 0.163. The van der Waals surface area contributed by atoms with Crippen LogP contribution in [-0.4, -0.2) is 62.5 Å². The summed E-state index contributed by atoms with van der Waals surface area (Å²) in [7, 11) is 2.83. The van der Waals surface area contributed by atoms with Crippen molar-refractivity contribution in [1.82, 2.24) is 4.90 Å². The fourth-order valence-electron chi connectivity index (χ4n) is 2.33. The van der Waals surface area contributed by atoms with Gasteiger partial charge in [-0.25, -0.2) is 4.79 Å². The van der Waals surface area contributed by atoms with E-state index in [4.69, 9.17) is 9.47 Å². The van der Waals surface area contributed by atoms with E-state index in [9.17, 15) is 9.90 Å². The molecule has 1 N–H and O–H groups in total. The summed E-state index contributed by atoms with van der Waals surface area (Å²) in [6.45, 7) is 6.83. The standard InChI is InChI=1S/C18H29NO5/c1-5-7-10-19(6-2)12-15(20)13-24-16-9-8-14(18(21)23-4)11-17(16)22-3/h8-9,11,15,20H,5-7,10,12-13H2,1-4H3/t15-/m0/s1. The number of aliphatic hydroxyl groups is 1. The number of methoxy groups -OCH3 is 2. The molecule has 0 heterocycles. The van der Waals surface area contributed by atoms with E-state index in [0.717, 1.165) is 25.9 Å². The molecule has 0 saturated carbocycles. The van der Waals surface area contributed by atoms with Gasteiger partial charge in [0, 0.05) is 6.54 Å². The molecule has 136 valence electrons. The largest absolute Gasteiger partial charge is 0.493 e. The molecule has 0 aliphatic rings. The highest BCUT2D eigenvalue weighted by atomic mass is 16.5. The quantitative estimate of drug-likeness (QED) is 0.624. The fourth-order valence-corrected chi connectivity index (χ4v) is 2.33. The molecule has 0 aromatic heterocycles. The summed E-state index contributed by atoms with van der Waals surface area (Å²) < 4.78 is 15.6. The van der Waals surface area contributed by atoms with Crippen LogP contribution in [0.5, 0.6) is 11.5 Å². The summed E-state index contributed by atoms with van der Waals surface area (Å²) in [5.41, 5.74) is 0.388. The third-order valence-corrected chi connectivity index (χ3v) is 3.76. The molecule has 0 amide bonds. The van der Waals surface area contributed by atoms with E-state index in [-0.39, 0.29) is 6.61 Å². The molecule has 1 rings (SSSR count). The van der Waals surface area contributed by atoms with Crippen molar-refractivity contribution in [2.24, 2.45) is 0 Å². The van der Waals surface area contributed by atoms with Gasteiger partial charge in [0.25, 0.3) is 0 Å². The lowest BCUT2D eigenvalue weighted by Gasteiger charge is -2.23. The van der Waals surface area contributed by atoms with E-state index in [1.807, 2.05) is 0 Å². The van der Waals surface area contributed by atoms with Crippen molar-refractivity contribution in [1.29, 1.82) is 0 Å². The second-order valence-corrected chi connectivity index (χ2v) is 5.57. The molecular weight excluding hydrogens is 310 g/mol. The minimum atomic E-state index is -0.591. The van der Waals surface area contributed by atoms with Crippen molar-refractivity contribution < 1.29 is 24.1 Å². The molecule has 1 atom stereocenters. The molecule has 6 heteroatoms. The molecule has 0 fully saturated rings. The summed E-state index contributed by atoms with van der Waals surface area (Å²) in [4.78, 5) is 13.7. The Kier molecular flexibility index (Phi) is 9.19. The Bertz CT molecular complexity index is 506. The van der Waals surface area contributed by atoms with Gasteiger partial charge in [-0.3, -0.25) is 0 Å². The zero-order valence-corrected chi connectivity index (χ0v) is 15.1. The van der Waals surface area contributed by atoms with Gasteiger partial charge in [0.1, 0.15) is 12.7 Å². The van der Waals surface area contributed by atoms with Crippen LogP contribution in [0.4, 0.5) is 0 Å². The van der Waals surface area contributed by atoms with E-state index < -0.39 is 12.1 Å². The summed E-state index contributed by atoms with van der Waals surface area (Å²) >= 11 is 0. The molecular formula is C18H29NO5. The van der Waals surface area contributed by atoms with Gasteiger partial charge in [-0.1, -0.05) is 20.3 Å². The monoisotopic (exact) mass is 339 g/mol. The van der Waals surface area contributed by atoms with Crippen LogP contribution in [0.25, 0.3) is 0 Å². The minimum Gasteiger partial charge on any atom is -0.493 e. The lowest BCUT2D eigenvalue weighted by Crippen LogP contribution is -2.36. The van der Waals surface area contributed by atoms with Gasteiger partial charge >= 0.3 is 5.97 Å². The maximum absolute atomic E-state index is 11.5. The summed E-state index contributed by atoms with van der Waals surface area (Å²) in [5.74, 6) is 0.485. The third-order valence-electron chi connectivity index (χ3n) is 3.76. The van der Waals surface area contributed by atoms with Gasteiger partial charge in [-0.05, 0) is 37.7 Å². The Balaban J connectivity index is 2.61. The average Bonchev–Trinajstić information content (AvgIpc) is 2.62. The average molecular weight is 339 g/mol. The molecule has 6 nitrogen and oxygen atoms in total. The highest BCUT2D eigenvalue weighted by molar-refractivity contribution is 5.90. The van der Waals surface area contributed by atoms with Crippen molar-refractivity contribution in [2.45, 2.75) is 32.8 Å². The Morgan fingerprint density at radius 3 is 2.58 bits per heavy atom. The molecule has 0 saturated heterocycles. The van der Waals surface area contributed by atoms with Crippen LogP contribution in [-0.2, 0) is 4.74 Å². The van der Waals surface area contributed by atoms with Crippen molar-refractivity contribution in [3.05, 3.63) is 23.8 Å². The molecule has 0 unspecified atom stereocenters. The zero-order chi connectivity index (χ0) is 17.9. The number of ether oxygens (including phenoxy) is 3. The molecule has 1 aromatic rings. The van der Waals surface area contributed by atoms with Gasteiger partial charge in [0.15, 0.2) is 11.5 Å². The van der Waals surface area contributed by atoms with Crippen LogP contribution >= 0.6 is 0 Å². The number of carbonyl (C=O) groups is 1. The molecule has 24 heavy (non-hydrogen) atoms. The Morgan fingerprint density at radius 1 is 1.25 bits per heavy atom. The van der Waals surface area contributed by atoms with Crippen molar-refractivity contribution in [3.63, 3.8) is 0 Å². The van der Waals surface area contributed by atoms with Gasteiger partial charge in [0.2, 0.25) is 0 Å². The molecule has 0 aliphatic heterocycles.